The van der Waals surface area contributed by atoms with Crippen molar-refractivity contribution in [3.05, 3.63) is 36.4 Å². The molecule has 0 spiro atoms. The summed E-state index contributed by atoms with van der Waals surface area (Å²) in [4.78, 5) is 8.38. The maximum absolute atomic E-state index is 5.89. The molecule has 2 aromatic rings. The Morgan fingerprint density at radius 1 is 1.41 bits per heavy atom. The standard InChI is InChI=1S/C12H15N3OS/c1-2-10(13)7-9-3-4-11(15-8-9)17-12-14-5-6-16-12/h3-6,8,10H,2,7,13H2,1H3. The smallest absolute Gasteiger partial charge is 0.261 e. The first-order valence-electron chi connectivity index (χ1n) is 5.55. The molecular weight excluding hydrogens is 234 g/mol. The van der Waals surface area contributed by atoms with Crippen LogP contribution in [0.4, 0.5) is 0 Å². The maximum atomic E-state index is 5.89. The Bertz CT molecular complexity index is 441. The molecule has 5 heteroatoms. The van der Waals surface area contributed by atoms with Gasteiger partial charge in [0.05, 0.1) is 6.20 Å². The molecule has 17 heavy (non-hydrogen) atoms. The van der Waals surface area contributed by atoms with Gasteiger partial charge < -0.3 is 10.2 Å². The van der Waals surface area contributed by atoms with Gasteiger partial charge in [0.15, 0.2) is 0 Å². The van der Waals surface area contributed by atoms with E-state index < -0.39 is 0 Å². The molecule has 1 atom stereocenters. The summed E-state index contributed by atoms with van der Waals surface area (Å²) in [5.74, 6) is 0. The second kappa shape index (κ2) is 5.84. The molecule has 0 radical (unpaired) electrons. The van der Waals surface area contributed by atoms with E-state index in [1.807, 2.05) is 18.3 Å². The largest absolute Gasteiger partial charge is 0.440 e. The third-order valence-corrected chi connectivity index (χ3v) is 3.25. The first-order valence-corrected chi connectivity index (χ1v) is 6.37. The van der Waals surface area contributed by atoms with Crippen LogP contribution in [-0.4, -0.2) is 16.0 Å². The second-order valence-corrected chi connectivity index (χ2v) is 4.75. The van der Waals surface area contributed by atoms with Crippen molar-refractivity contribution in [2.45, 2.75) is 36.1 Å². The molecule has 2 rings (SSSR count). The zero-order valence-corrected chi connectivity index (χ0v) is 10.5. The van der Waals surface area contributed by atoms with Gasteiger partial charge in [-0.25, -0.2) is 9.97 Å². The minimum absolute atomic E-state index is 0.210. The number of rotatable bonds is 5. The topological polar surface area (TPSA) is 64.9 Å². The van der Waals surface area contributed by atoms with E-state index in [9.17, 15) is 0 Å². The van der Waals surface area contributed by atoms with Gasteiger partial charge in [0, 0.05) is 12.2 Å². The first kappa shape index (κ1) is 12.1. The van der Waals surface area contributed by atoms with E-state index >= 15 is 0 Å². The van der Waals surface area contributed by atoms with Gasteiger partial charge in [-0.1, -0.05) is 13.0 Å². The average molecular weight is 249 g/mol. The molecule has 0 saturated carbocycles. The number of nitrogens with two attached hydrogens (primary N) is 1. The van der Waals surface area contributed by atoms with Crippen LogP contribution in [0.5, 0.6) is 0 Å². The molecule has 0 aliphatic rings. The fourth-order valence-electron chi connectivity index (χ4n) is 1.39. The molecule has 0 aliphatic heterocycles. The predicted octanol–water partition coefficient (Wildman–Crippen LogP) is 2.50. The van der Waals surface area contributed by atoms with E-state index in [0.29, 0.717) is 5.22 Å². The zero-order valence-electron chi connectivity index (χ0n) is 9.67. The van der Waals surface area contributed by atoms with E-state index in [-0.39, 0.29) is 6.04 Å². The van der Waals surface area contributed by atoms with Gasteiger partial charge in [-0.15, -0.1) is 0 Å². The predicted molar refractivity (Wildman–Crippen MR) is 66.8 cm³/mol. The SMILES string of the molecule is CCC(N)Cc1ccc(Sc2ncco2)nc1. The number of hydrogen-bond donors (Lipinski definition) is 1. The van der Waals surface area contributed by atoms with Crippen molar-refractivity contribution in [1.29, 1.82) is 0 Å². The molecular formula is C12H15N3OS. The van der Waals surface area contributed by atoms with Crippen LogP contribution in [0.3, 0.4) is 0 Å². The van der Waals surface area contributed by atoms with Crippen LogP contribution in [-0.2, 0) is 6.42 Å². The number of hydrogen-bond acceptors (Lipinski definition) is 5. The highest BCUT2D eigenvalue weighted by Gasteiger charge is 2.05. The number of oxazole rings is 1. The molecule has 4 nitrogen and oxygen atoms in total. The van der Waals surface area contributed by atoms with Crippen LogP contribution in [0.1, 0.15) is 18.9 Å². The minimum Gasteiger partial charge on any atom is -0.440 e. The molecule has 0 amide bonds. The summed E-state index contributed by atoms with van der Waals surface area (Å²) in [5.41, 5.74) is 7.06. The van der Waals surface area contributed by atoms with Crippen LogP contribution in [0.25, 0.3) is 0 Å². The molecule has 0 fully saturated rings. The van der Waals surface area contributed by atoms with Crippen molar-refractivity contribution in [3.8, 4) is 0 Å². The Morgan fingerprint density at radius 3 is 2.88 bits per heavy atom. The Balaban J connectivity index is 1.98. The van der Waals surface area contributed by atoms with Crippen molar-refractivity contribution < 1.29 is 4.42 Å². The Hall–Kier alpha value is -1.33. The van der Waals surface area contributed by atoms with E-state index in [0.717, 1.165) is 23.4 Å². The first-order chi connectivity index (χ1) is 8.28. The van der Waals surface area contributed by atoms with E-state index in [1.165, 1.54) is 11.8 Å². The van der Waals surface area contributed by atoms with Gasteiger partial charge in [-0.3, -0.25) is 0 Å². The lowest BCUT2D eigenvalue weighted by Gasteiger charge is -2.08. The highest BCUT2D eigenvalue weighted by molar-refractivity contribution is 7.99. The lowest BCUT2D eigenvalue weighted by atomic mass is 10.1. The summed E-state index contributed by atoms with van der Waals surface area (Å²) in [6, 6.07) is 4.22. The Morgan fingerprint density at radius 2 is 2.29 bits per heavy atom. The van der Waals surface area contributed by atoms with Gasteiger partial charge >= 0.3 is 0 Å². The van der Waals surface area contributed by atoms with E-state index in [1.54, 1.807) is 12.5 Å². The Labute approximate surface area is 105 Å². The van der Waals surface area contributed by atoms with E-state index in [2.05, 4.69) is 16.9 Å². The van der Waals surface area contributed by atoms with Crippen molar-refractivity contribution in [1.82, 2.24) is 9.97 Å². The van der Waals surface area contributed by atoms with Crippen molar-refractivity contribution in [2.24, 2.45) is 5.73 Å². The fraction of sp³-hybridized carbons (Fsp3) is 0.333. The molecule has 0 aromatic carbocycles. The zero-order chi connectivity index (χ0) is 12.1. The highest BCUT2D eigenvalue weighted by Crippen LogP contribution is 2.23. The summed E-state index contributed by atoms with van der Waals surface area (Å²) >= 11 is 1.41. The highest BCUT2D eigenvalue weighted by atomic mass is 32.2. The van der Waals surface area contributed by atoms with Crippen LogP contribution in [0.15, 0.2) is 45.5 Å². The lowest BCUT2D eigenvalue weighted by molar-refractivity contribution is 0.454. The van der Waals surface area contributed by atoms with Crippen LogP contribution >= 0.6 is 11.8 Å². The van der Waals surface area contributed by atoms with Crippen molar-refractivity contribution in [2.75, 3.05) is 0 Å². The summed E-state index contributed by atoms with van der Waals surface area (Å²) in [5, 5.41) is 1.48. The molecule has 2 aromatic heterocycles. The molecule has 2 heterocycles. The lowest BCUT2D eigenvalue weighted by Crippen LogP contribution is -2.21. The summed E-state index contributed by atoms with van der Waals surface area (Å²) in [7, 11) is 0. The fourth-order valence-corrected chi connectivity index (χ4v) is 2.03. The Kier molecular flexibility index (Phi) is 4.17. The van der Waals surface area contributed by atoms with Crippen molar-refractivity contribution in [3.63, 3.8) is 0 Å². The van der Waals surface area contributed by atoms with Gasteiger partial charge in [0.25, 0.3) is 5.22 Å². The number of aromatic nitrogens is 2. The van der Waals surface area contributed by atoms with E-state index in [4.69, 9.17) is 10.2 Å². The minimum atomic E-state index is 0.210. The van der Waals surface area contributed by atoms with Gasteiger partial charge in [-0.05, 0) is 36.2 Å². The summed E-state index contributed by atoms with van der Waals surface area (Å²) in [6.45, 7) is 2.09. The van der Waals surface area contributed by atoms with Crippen LogP contribution in [0.2, 0.25) is 0 Å². The maximum Gasteiger partial charge on any atom is 0.261 e. The number of pyridine rings is 1. The molecule has 1 unspecified atom stereocenters. The second-order valence-electron chi connectivity index (χ2n) is 3.78. The monoisotopic (exact) mass is 249 g/mol. The average Bonchev–Trinajstić information content (AvgIpc) is 2.84. The molecule has 0 aliphatic carbocycles. The number of nitrogens with zero attached hydrogens (tertiary/aromatic N) is 2. The van der Waals surface area contributed by atoms with Crippen molar-refractivity contribution >= 4 is 11.8 Å². The molecule has 0 saturated heterocycles. The van der Waals surface area contributed by atoms with Crippen LogP contribution in [0, 0.1) is 0 Å². The van der Waals surface area contributed by atoms with Gasteiger partial charge in [-0.2, -0.15) is 0 Å². The quantitative estimate of drug-likeness (QED) is 0.882. The third-order valence-electron chi connectivity index (χ3n) is 2.42. The molecule has 2 N–H and O–H groups in total. The van der Waals surface area contributed by atoms with Gasteiger partial charge in [0.1, 0.15) is 11.3 Å². The summed E-state index contributed by atoms with van der Waals surface area (Å²) < 4.78 is 5.14. The van der Waals surface area contributed by atoms with Gasteiger partial charge in [0.2, 0.25) is 0 Å². The normalized spacial score (nSPS) is 12.6. The third kappa shape index (κ3) is 3.57. The summed E-state index contributed by atoms with van der Waals surface area (Å²) in [6.07, 6.45) is 6.88. The van der Waals surface area contributed by atoms with Crippen LogP contribution < -0.4 is 5.73 Å². The molecule has 0 bridgehead atoms. The molecule has 90 valence electrons.